The Labute approximate surface area is 258 Å². The molecule has 7 rings (SSSR count). The highest BCUT2D eigenvalue weighted by Gasteiger charge is 2.74. The SMILES string of the molecule is O=C(O)C12CCC(C(=O)N3CC[C@]4(S(=O)(=O)c5ccc(F)cc5)c5ccc(C(F)(C(F)(F)F)C(F)(F)F)cc5CC[C@H]34)(CC1)CC2. The van der Waals surface area contributed by atoms with Gasteiger partial charge in [-0.3, -0.25) is 9.59 Å². The van der Waals surface area contributed by atoms with Crippen LogP contribution in [0.15, 0.2) is 47.4 Å². The molecule has 4 fully saturated rings. The smallest absolute Gasteiger partial charge is 0.435 e. The molecule has 1 aliphatic heterocycles. The van der Waals surface area contributed by atoms with E-state index in [0.717, 1.165) is 30.3 Å². The van der Waals surface area contributed by atoms with Crippen LogP contribution < -0.4 is 0 Å². The Morgan fingerprint density at radius 1 is 0.804 bits per heavy atom. The van der Waals surface area contributed by atoms with Crippen molar-refractivity contribution in [2.24, 2.45) is 10.8 Å². The van der Waals surface area contributed by atoms with Gasteiger partial charge in [0.25, 0.3) is 0 Å². The highest BCUT2D eigenvalue weighted by molar-refractivity contribution is 7.92. The quantitative estimate of drug-likeness (QED) is 0.279. The summed E-state index contributed by atoms with van der Waals surface area (Å²) in [7, 11) is -4.61. The maximum absolute atomic E-state index is 15.1. The largest absolute Gasteiger partial charge is 0.481 e. The van der Waals surface area contributed by atoms with Gasteiger partial charge in [0, 0.05) is 17.5 Å². The van der Waals surface area contributed by atoms with Gasteiger partial charge in [0.15, 0.2) is 9.84 Å². The summed E-state index contributed by atoms with van der Waals surface area (Å²) in [6.45, 7) is -0.116. The second-order valence-electron chi connectivity index (χ2n) is 13.0. The summed E-state index contributed by atoms with van der Waals surface area (Å²) in [5, 5.41) is 9.77. The van der Waals surface area contributed by atoms with Crippen molar-refractivity contribution in [1.29, 1.82) is 0 Å². The normalized spacial score (nSPS) is 29.7. The topological polar surface area (TPSA) is 91.8 Å². The first-order valence-corrected chi connectivity index (χ1v) is 16.3. The molecule has 3 saturated carbocycles. The van der Waals surface area contributed by atoms with Crippen LogP contribution in [0.25, 0.3) is 0 Å². The van der Waals surface area contributed by atoms with Gasteiger partial charge < -0.3 is 10.0 Å². The minimum absolute atomic E-state index is 0.116. The van der Waals surface area contributed by atoms with Crippen LogP contribution in [0.3, 0.4) is 0 Å². The predicted octanol–water partition coefficient (Wildman–Crippen LogP) is 6.76. The van der Waals surface area contributed by atoms with Gasteiger partial charge in [-0.05, 0) is 93.2 Å². The zero-order chi connectivity index (χ0) is 33.7. The second kappa shape index (κ2) is 10.1. The van der Waals surface area contributed by atoms with E-state index in [2.05, 4.69) is 0 Å². The minimum atomic E-state index is -6.37. The van der Waals surface area contributed by atoms with Gasteiger partial charge in [-0.15, -0.1) is 0 Å². The van der Waals surface area contributed by atoms with Crippen LogP contribution in [-0.2, 0) is 36.3 Å². The summed E-state index contributed by atoms with van der Waals surface area (Å²) < 4.78 is 138. The zero-order valence-corrected chi connectivity index (χ0v) is 25.0. The molecule has 6 nitrogen and oxygen atoms in total. The lowest BCUT2D eigenvalue weighted by atomic mass is 9.53. The van der Waals surface area contributed by atoms with Crippen LogP contribution in [0.1, 0.15) is 68.1 Å². The van der Waals surface area contributed by atoms with Gasteiger partial charge >= 0.3 is 24.0 Å². The van der Waals surface area contributed by atoms with Crippen molar-refractivity contribution in [1.82, 2.24) is 4.90 Å². The fourth-order valence-corrected chi connectivity index (χ4v) is 10.8. The standard InChI is InChI=1S/C31H29F8NO5S/c32-20-3-5-21(6-4-20)46(44,45)28-15-16-40(24(41)26-9-12-27(13-10-26,14-11-26)25(42)43)23(28)8-1-18-17-19(2-7-22(18)28)29(33,30(34,35)36)31(37,38)39/h2-7,17,23H,1,8-16H2,(H,42,43)/t23-,26?,27?,28-/m0/s1. The summed E-state index contributed by atoms with van der Waals surface area (Å²) in [5.41, 5.74) is -9.71. The molecule has 2 atom stereocenters. The molecular weight excluding hydrogens is 650 g/mol. The number of fused-ring (bicyclic) bond motifs is 6. The number of alkyl halides is 7. The first-order chi connectivity index (χ1) is 21.3. The summed E-state index contributed by atoms with van der Waals surface area (Å²) >= 11 is 0. The summed E-state index contributed by atoms with van der Waals surface area (Å²) in [5.74, 6) is -2.06. The molecule has 0 spiro atoms. The Kier molecular flexibility index (Phi) is 7.20. The van der Waals surface area contributed by atoms with Crippen LogP contribution in [0.5, 0.6) is 0 Å². The average molecular weight is 680 g/mol. The van der Waals surface area contributed by atoms with Gasteiger partial charge in [-0.25, -0.2) is 17.2 Å². The zero-order valence-electron chi connectivity index (χ0n) is 24.1. The number of halogens is 8. The van der Waals surface area contributed by atoms with Crippen molar-refractivity contribution in [2.75, 3.05) is 6.54 Å². The molecule has 250 valence electrons. The van der Waals surface area contributed by atoms with Crippen molar-refractivity contribution < 1.29 is 58.2 Å². The predicted molar refractivity (Wildman–Crippen MR) is 145 cm³/mol. The number of carboxylic acid groups (broad SMARTS) is 1. The van der Waals surface area contributed by atoms with E-state index in [9.17, 15) is 53.8 Å². The van der Waals surface area contributed by atoms with Crippen molar-refractivity contribution in [2.45, 2.75) is 91.5 Å². The monoisotopic (exact) mass is 679 g/mol. The van der Waals surface area contributed by atoms with Crippen LogP contribution >= 0.6 is 0 Å². The molecule has 0 aromatic heterocycles. The number of hydrogen-bond donors (Lipinski definition) is 1. The number of carbonyl (C=O) groups excluding carboxylic acids is 1. The average Bonchev–Trinajstić information content (AvgIpc) is 3.41. The first kappa shape index (κ1) is 32.7. The molecule has 46 heavy (non-hydrogen) atoms. The number of hydrogen-bond acceptors (Lipinski definition) is 4. The second-order valence-corrected chi connectivity index (χ2v) is 15.2. The lowest BCUT2D eigenvalue weighted by molar-refractivity contribution is -0.348. The molecule has 0 radical (unpaired) electrons. The number of nitrogens with zero attached hydrogens (tertiary/aromatic N) is 1. The molecule has 5 aliphatic rings. The van der Waals surface area contributed by atoms with Crippen LogP contribution in [-0.4, -0.2) is 55.2 Å². The van der Waals surface area contributed by atoms with Crippen LogP contribution in [0.2, 0.25) is 0 Å². The Morgan fingerprint density at radius 3 is 1.87 bits per heavy atom. The lowest BCUT2D eigenvalue weighted by Gasteiger charge is -2.52. The number of likely N-dealkylation sites (tertiary alicyclic amines) is 1. The lowest BCUT2D eigenvalue weighted by Crippen LogP contribution is -2.57. The Balaban J connectivity index is 1.47. The number of carboxylic acids is 1. The van der Waals surface area contributed by atoms with Gasteiger partial charge in [0.2, 0.25) is 5.91 Å². The third kappa shape index (κ3) is 4.28. The number of rotatable bonds is 5. The number of carbonyl (C=O) groups is 2. The Morgan fingerprint density at radius 2 is 1.35 bits per heavy atom. The van der Waals surface area contributed by atoms with Crippen molar-refractivity contribution in [3.05, 3.63) is 65.0 Å². The summed E-state index contributed by atoms with van der Waals surface area (Å²) in [6.07, 6.45) is -11.8. The molecule has 2 bridgehead atoms. The molecule has 1 heterocycles. The first-order valence-electron chi connectivity index (χ1n) is 14.8. The third-order valence-electron chi connectivity index (χ3n) is 11.1. The molecule has 1 saturated heterocycles. The van der Waals surface area contributed by atoms with E-state index in [4.69, 9.17) is 0 Å². The number of sulfone groups is 1. The highest BCUT2D eigenvalue weighted by Crippen LogP contribution is 2.61. The molecule has 15 heteroatoms. The molecule has 1 amide bonds. The fraction of sp³-hybridized carbons (Fsp3) is 0.548. The van der Waals surface area contributed by atoms with E-state index >= 15 is 4.39 Å². The van der Waals surface area contributed by atoms with E-state index in [0.29, 0.717) is 12.1 Å². The molecule has 2 aromatic rings. The molecule has 4 aliphatic carbocycles. The van der Waals surface area contributed by atoms with Gasteiger partial charge in [-0.1, -0.05) is 18.2 Å². The number of aryl methyl sites for hydroxylation is 1. The Hall–Kier alpha value is -3.23. The number of aliphatic carboxylic acids is 1. The molecular formula is C31H29F8NO5S. The highest BCUT2D eigenvalue weighted by atomic mass is 32.2. The van der Waals surface area contributed by atoms with Gasteiger partial charge in [-0.2, -0.15) is 26.3 Å². The Bertz CT molecular complexity index is 1670. The van der Waals surface area contributed by atoms with Crippen molar-refractivity contribution >= 4 is 21.7 Å². The van der Waals surface area contributed by atoms with Crippen molar-refractivity contribution in [3.63, 3.8) is 0 Å². The van der Waals surface area contributed by atoms with Crippen LogP contribution in [0.4, 0.5) is 35.1 Å². The van der Waals surface area contributed by atoms with Crippen molar-refractivity contribution in [3.8, 4) is 0 Å². The van der Waals surface area contributed by atoms with E-state index in [-0.39, 0.29) is 86.3 Å². The van der Waals surface area contributed by atoms with E-state index in [1.807, 2.05) is 0 Å². The van der Waals surface area contributed by atoms with Gasteiger partial charge in [0.05, 0.1) is 16.4 Å². The number of amides is 1. The summed E-state index contributed by atoms with van der Waals surface area (Å²) in [4.78, 5) is 27.3. The minimum Gasteiger partial charge on any atom is -0.481 e. The van der Waals surface area contributed by atoms with Gasteiger partial charge in [0.1, 0.15) is 10.6 Å². The number of benzene rings is 2. The maximum atomic E-state index is 15.1. The van der Waals surface area contributed by atoms with E-state index in [1.165, 1.54) is 4.90 Å². The van der Waals surface area contributed by atoms with Crippen LogP contribution in [0, 0.1) is 16.6 Å². The molecule has 1 N–H and O–H groups in total. The van der Waals surface area contributed by atoms with E-state index < -0.39 is 66.8 Å². The molecule has 2 aromatic carbocycles. The third-order valence-corrected chi connectivity index (χ3v) is 13.6. The maximum Gasteiger partial charge on any atom is 0.435 e. The van der Waals surface area contributed by atoms with E-state index in [1.54, 1.807) is 0 Å². The summed E-state index contributed by atoms with van der Waals surface area (Å²) in [6, 6.07) is 4.16. The fourth-order valence-electron chi connectivity index (χ4n) is 8.43. The molecule has 0 unspecified atom stereocenters.